The summed E-state index contributed by atoms with van der Waals surface area (Å²) in [5.41, 5.74) is 4.41. The maximum Gasteiger partial charge on any atom is 0.433 e. The summed E-state index contributed by atoms with van der Waals surface area (Å²) in [5.74, 6) is -0.706. The van der Waals surface area contributed by atoms with E-state index in [1.54, 1.807) is 6.92 Å². The average Bonchev–Trinajstić information content (AvgIpc) is 2.28. The number of benzene rings is 1. The van der Waals surface area contributed by atoms with Crippen LogP contribution in [0, 0.1) is 19.7 Å². The van der Waals surface area contributed by atoms with Crippen LogP contribution in [-0.4, -0.2) is 4.98 Å². The van der Waals surface area contributed by atoms with Crippen LogP contribution in [0.15, 0.2) is 10.5 Å². The van der Waals surface area contributed by atoms with E-state index in [1.807, 2.05) is 0 Å². The summed E-state index contributed by atoms with van der Waals surface area (Å²) in [6, 6.07) is 1.37. The molecule has 0 radical (unpaired) electrons. The SMILES string of the molecule is Cc1c(C(F)(F)F)nc2c(C)cc(Br)c(F)c2c1N. The van der Waals surface area contributed by atoms with Gasteiger partial charge in [-0.15, -0.1) is 0 Å². The van der Waals surface area contributed by atoms with Crippen LogP contribution in [0.2, 0.25) is 0 Å². The average molecular weight is 337 g/mol. The summed E-state index contributed by atoms with van der Waals surface area (Å²) in [7, 11) is 0. The van der Waals surface area contributed by atoms with Crippen molar-refractivity contribution in [3.05, 3.63) is 33.2 Å². The van der Waals surface area contributed by atoms with Gasteiger partial charge in [-0.05, 0) is 41.4 Å². The molecule has 0 aliphatic heterocycles. The van der Waals surface area contributed by atoms with Gasteiger partial charge in [-0.2, -0.15) is 13.2 Å². The lowest BCUT2D eigenvalue weighted by atomic mass is 10.0. The smallest absolute Gasteiger partial charge is 0.398 e. The zero-order valence-corrected chi connectivity index (χ0v) is 11.6. The third-order valence-corrected chi connectivity index (χ3v) is 3.48. The summed E-state index contributed by atoms with van der Waals surface area (Å²) >= 11 is 3.00. The van der Waals surface area contributed by atoms with Crippen molar-refractivity contribution in [2.24, 2.45) is 0 Å². The van der Waals surface area contributed by atoms with Crippen LogP contribution in [0.3, 0.4) is 0 Å². The molecule has 2 N–H and O–H groups in total. The van der Waals surface area contributed by atoms with E-state index in [2.05, 4.69) is 20.9 Å². The second kappa shape index (κ2) is 4.33. The van der Waals surface area contributed by atoms with E-state index >= 15 is 0 Å². The van der Waals surface area contributed by atoms with Crippen molar-refractivity contribution in [3.8, 4) is 0 Å². The molecule has 1 aromatic heterocycles. The van der Waals surface area contributed by atoms with Gasteiger partial charge >= 0.3 is 6.18 Å². The topological polar surface area (TPSA) is 38.9 Å². The van der Waals surface area contributed by atoms with Crippen LogP contribution >= 0.6 is 15.9 Å². The molecule has 0 aliphatic carbocycles. The molecule has 1 heterocycles. The van der Waals surface area contributed by atoms with Crippen molar-refractivity contribution < 1.29 is 17.6 Å². The molecule has 0 unspecified atom stereocenters. The number of nitrogen functional groups attached to an aromatic ring is 1. The van der Waals surface area contributed by atoms with Gasteiger partial charge in [0.25, 0.3) is 0 Å². The molecular weight excluding hydrogens is 328 g/mol. The quantitative estimate of drug-likeness (QED) is 0.726. The number of aryl methyl sites for hydroxylation is 1. The number of alkyl halides is 3. The molecule has 0 atom stereocenters. The number of hydrogen-bond donors (Lipinski definition) is 1. The van der Waals surface area contributed by atoms with Gasteiger partial charge in [0.05, 0.1) is 15.4 Å². The standard InChI is InChI=1S/C12H9BrF4N2/c1-4-3-6(13)8(14)7-9(18)5(2)11(12(15,16)17)19-10(4)7/h3H,1-2H3,(H2,18,19). The minimum atomic E-state index is -4.62. The maximum atomic E-state index is 14.0. The molecular formula is C12H9BrF4N2. The molecule has 2 nitrogen and oxygen atoms in total. The highest BCUT2D eigenvalue weighted by Gasteiger charge is 2.36. The lowest BCUT2D eigenvalue weighted by molar-refractivity contribution is -0.141. The van der Waals surface area contributed by atoms with Crippen LogP contribution < -0.4 is 5.73 Å². The lowest BCUT2D eigenvalue weighted by Gasteiger charge is -2.15. The van der Waals surface area contributed by atoms with Gasteiger partial charge in [0, 0.05) is 11.3 Å². The highest BCUT2D eigenvalue weighted by atomic mass is 79.9. The normalized spacial score (nSPS) is 12.2. The molecule has 0 fully saturated rings. The number of hydrogen-bond acceptors (Lipinski definition) is 2. The fraction of sp³-hybridized carbons (Fsp3) is 0.250. The highest BCUT2D eigenvalue weighted by Crippen LogP contribution is 2.38. The molecule has 2 rings (SSSR count). The summed E-state index contributed by atoms with van der Waals surface area (Å²) in [6.07, 6.45) is -4.62. The first-order valence-corrected chi connectivity index (χ1v) is 6.05. The molecule has 19 heavy (non-hydrogen) atoms. The Balaban J connectivity index is 3.01. The number of pyridine rings is 1. The van der Waals surface area contributed by atoms with Crippen LogP contribution in [0.25, 0.3) is 10.9 Å². The van der Waals surface area contributed by atoms with Gasteiger partial charge in [0.15, 0.2) is 0 Å². The fourth-order valence-corrected chi connectivity index (χ4v) is 2.46. The van der Waals surface area contributed by atoms with Crippen LogP contribution in [-0.2, 0) is 6.18 Å². The van der Waals surface area contributed by atoms with Crippen molar-refractivity contribution >= 4 is 32.5 Å². The third kappa shape index (κ3) is 2.16. The summed E-state index contributed by atoms with van der Waals surface area (Å²) in [5, 5.41) is -0.0858. The highest BCUT2D eigenvalue weighted by molar-refractivity contribution is 9.10. The van der Waals surface area contributed by atoms with Crippen LogP contribution in [0.5, 0.6) is 0 Å². The molecule has 2 aromatic rings. The molecule has 7 heteroatoms. The van der Waals surface area contributed by atoms with Gasteiger partial charge in [0.2, 0.25) is 0 Å². The van der Waals surface area contributed by atoms with Crippen molar-refractivity contribution in [3.63, 3.8) is 0 Å². The van der Waals surface area contributed by atoms with Crippen LogP contribution in [0.1, 0.15) is 16.8 Å². The van der Waals surface area contributed by atoms with Gasteiger partial charge in [0.1, 0.15) is 11.5 Å². The molecule has 0 aliphatic rings. The van der Waals surface area contributed by atoms with Crippen molar-refractivity contribution in [2.45, 2.75) is 20.0 Å². The Morgan fingerprint density at radius 3 is 2.37 bits per heavy atom. The lowest BCUT2D eigenvalue weighted by Crippen LogP contribution is -2.13. The molecule has 0 bridgehead atoms. The predicted molar refractivity (Wildman–Crippen MR) is 68.3 cm³/mol. The van der Waals surface area contributed by atoms with Gasteiger partial charge in [-0.1, -0.05) is 0 Å². The number of anilines is 1. The molecule has 0 amide bonds. The Kier molecular flexibility index (Phi) is 3.20. The van der Waals surface area contributed by atoms with Gasteiger partial charge in [-0.3, -0.25) is 0 Å². The first kappa shape index (κ1) is 14.0. The van der Waals surface area contributed by atoms with Crippen molar-refractivity contribution in [1.29, 1.82) is 0 Å². The van der Waals surface area contributed by atoms with E-state index in [4.69, 9.17) is 5.73 Å². The first-order valence-electron chi connectivity index (χ1n) is 5.26. The monoisotopic (exact) mass is 336 g/mol. The van der Waals surface area contributed by atoms with Crippen molar-refractivity contribution in [1.82, 2.24) is 4.98 Å². The summed E-state index contributed by atoms with van der Waals surface area (Å²) in [6.45, 7) is 2.73. The Morgan fingerprint density at radius 1 is 1.26 bits per heavy atom. The first-order chi connectivity index (χ1) is 8.64. The fourth-order valence-electron chi connectivity index (χ4n) is 1.92. The number of halogens is 5. The second-order valence-corrected chi connectivity index (χ2v) is 5.06. The number of nitrogens with zero attached hydrogens (tertiary/aromatic N) is 1. The predicted octanol–water partition coefficient (Wildman–Crippen LogP) is 4.35. The Hall–Kier alpha value is -1.37. The van der Waals surface area contributed by atoms with E-state index < -0.39 is 17.7 Å². The van der Waals surface area contributed by atoms with E-state index in [9.17, 15) is 17.6 Å². The van der Waals surface area contributed by atoms with E-state index in [1.165, 1.54) is 13.0 Å². The Labute approximate surface area is 114 Å². The second-order valence-electron chi connectivity index (χ2n) is 4.21. The largest absolute Gasteiger partial charge is 0.433 e. The van der Waals surface area contributed by atoms with E-state index in [0.717, 1.165) is 0 Å². The van der Waals surface area contributed by atoms with E-state index in [0.29, 0.717) is 5.56 Å². The number of aromatic nitrogens is 1. The number of rotatable bonds is 0. The number of fused-ring (bicyclic) bond motifs is 1. The van der Waals surface area contributed by atoms with Gasteiger partial charge in [-0.25, -0.2) is 9.37 Å². The molecule has 102 valence electrons. The zero-order chi connectivity index (χ0) is 14.5. The molecule has 0 saturated heterocycles. The third-order valence-electron chi connectivity index (χ3n) is 2.90. The molecule has 1 aromatic carbocycles. The van der Waals surface area contributed by atoms with Crippen molar-refractivity contribution in [2.75, 3.05) is 5.73 Å². The molecule has 0 saturated carbocycles. The van der Waals surface area contributed by atoms with Gasteiger partial charge < -0.3 is 5.73 Å². The maximum absolute atomic E-state index is 14.0. The summed E-state index contributed by atoms with van der Waals surface area (Å²) in [4.78, 5) is 3.54. The minimum absolute atomic E-state index is 0.0730. The summed E-state index contributed by atoms with van der Waals surface area (Å²) < 4.78 is 52.7. The molecule has 0 spiro atoms. The zero-order valence-electron chi connectivity index (χ0n) is 9.99. The Bertz CT molecular complexity index is 680. The van der Waals surface area contributed by atoms with Crippen LogP contribution in [0.4, 0.5) is 23.2 Å². The Morgan fingerprint density at radius 2 is 1.84 bits per heavy atom. The minimum Gasteiger partial charge on any atom is -0.398 e. The van der Waals surface area contributed by atoms with E-state index in [-0.39, 0.29) is 26.6 Å². The number of nitrogens with two attached hydrogens (primary N) is 1.